The van der Waals surface area contributed by atoms with Crippen LogP contribution in [-0.2, 0) is 5.60 Å². The predicted molar refractivity (Wildman–Crippen MR) is 121 cm³/mol. The number of hydrogen-bond acceptors (Lipinski definition) is 6. The number of aromatic nitrogens is 2. The molecule has 0 aliphatic heterocycles. The van der Waals surface area contributed by atoms with Crippen LogP contribution >= 0.6 is 11.3 Å². The number of thiazole rings is 1. The molecule has 0 radical (unpaired) electrons. The maximum Gasteiger partial charge on any atom is 0.421 e. The van der Waals surface area contributed by atoms with Gasteiger partial charge in [-0.3, -0.25) is 0 Å². The number of hydrogen-bond donors (Lipinski definition) is 2. The molecule has 0 fully saturated rings. The van der Waals surface area contributed by atoms with Gasteiger partial charge in [-0.15, -0.1) is 11.3 Å². The first kappa shape index (κ1) is 24.1. The van der Waals surface area contributed by atoms with Crippen LogP contribution in [0.25, 0.3) is 27.7 Å². The lowest BCUT2D eigenvalue weighted by Crippen LogP contribution is -2.39. The molecule has 0 amide bonds. The van der Waals surface area contributed by atoms with Gasteiger partial charge in [0.15, 0.2) is 11.2 Å². The lowest BCUT2D eigenvalue weighted by molar-refractivity contribution is -0.258. The Kier molecular flexibility index (Phi) is 7.19. The Morgan fingerprint density at radius 1 is 1.31 bits per heavy atom. The van der Waals surface area contributed by atoms with Crippen molar-refractivity contribution >= 4 is 34.7 Å². The smallest absolute Gasteiger partial charge is 0.421 e. The van der Waals surface area contributed by atoms with Gasteiger partial charge in [0.2, 0.25) is 5.89 Å². The fourth-order valence-corrected chi connectivity index (χ4v) is 4.10. The van der Waals surface area contributed by atoms with E-state index in [0.29, 0.717) is 22.1 Å². The van der Waals surface area contributed by atoms with Crippen molar-refractivity contribution in [3.63, 3.8) is 0 Å². The first-order chi connectivity index (χ1) is 15.1. The number of oxazole rings is 1. The molecule has 3 rings (SSSR count). The maximum absolute atomic E-state index is 13.5. The molecular weight excluding hydrogens is 439 g/mol. The van der Waals surface area contributed by atoms with E-state index in [0.717, 1.165) is 26.2 Å². The summed E-state index contributed by atoms with van der Waals surface area (Å²) < 4.78 is 46.2. The zero-order chi connectivity index (χ0) is 23.5. The lowest BCUT2D eigenvalue weighted by Gasteiger charge is -2.27. The van der Waals surface area contributed by atoms with Gasteiger partial charge < -0.3 is 14.9 Å². The highest BCUT2D eigenvalue weighted by Crippen LogP contribution is 2.42. The van der Waals surface area contributed by atoms with Crippen LogP contribution in [-0.4, -0.2) is 27.5 Å². The molecule has 9 heteroatoms. The lowest BCUT2D eigenvalue weighted by atomic mass is 9.92. The van der Waals surface area contributed by atoms with Gasteiger partial charge in [-0.2, -0.15) is 13.2 Å². The van der Waals surface area contributed by atoms with Crippen LogP contribution in [0, 0.1) is 17.2 Å². The van der Waals surface area contributed by atoms with Crippen LogP contribution in [0.2, 0.25) is 0 Å². The van der Waals surface area contributed by atoms with E-state index in [4.69, 9.17) is 9.83 Å². The Labute approximate surface area is 188 Å². The van der Waals surface area contributed by atoms with E-state index in [1.54, 1.807) is 17.7 Å². The zero-order valence-electron chi connectivity index (χ0n) is 18.1. The summed E-state index contributed by atoms with van der Waals surface area (Å²) in [5.41, 5.74) is -2.46. The molecule has 32 heavy (non-hydrogen) atoms. The summed E-state index contributed by atoms with van der Waals surface area (Å²) in [6.07, 6.45) is 4.39. The molecule has 2 N–H and O–H groups in total. The van der Waals surface area contributed by atoms with Crippen molar-refractivity contribution in [2.45, 2.75) is 51.8 Å². The highest BCUT2D eigenvalue weighted by Gasteiger charge is 2.51. The van der Waals surface area contributed by atoms with Crippen molar-refractivity contribution in [2.24, 2.45) is 11.8 Å². The molecular formula is C23H26F3N3O2S. The van der Waals surface area contributed by atoms with Crippen molar-refractivity contribution < 1.29 is 22.7 Å². The molecule has 0 bridgehead atoms. The minimum atomic E-state index is -4.85. The Morgan fingerprint density at radius 3 is 2.66 bits per heavy atom. The van der Waals surface area contributed by atoms with Crippen LogP contribution in [0.3, 0.4) is 0 Å². The molecule has 1 aromatic carbocycles. The molecule has 2 aromatic heterocycles. The van der Waals surface area contributed by atoms with Crippen molar-refractivity contribution in [1.82, 2.24) is 9.97 Å². The van der Waals surface area contributed by atoms with Gasteiger partial charge in [0.1, 0.15) is 10.5 Å². The number of allylic oxidation sites excluding steroid dienone is 1. The second kappa shape index (κ2) is 9.54. The quantitative estimate of drug-likeness (QED) is 0.339. The van der Waals surface area contributed by atoms with Gasteiger partial charge in [-0.1, -0.05) is 19.9 Å². The maximum atomic E-state index is 13.5. The molecule has 3 unspecified atom stereocenters. The molecule has 172 valence electrons. The van der Waals surface area contributed by atoms with Crippen molar-refractivity contribution in [1.29, 1.82) is 5.41 Å². The molecule has 2 heterocycles. The molecule has 0 saturated heterocycles. The number of benzene rings is 1. The molecule has 0 aliphatic carbocycles. The van der Waals surface area contributed by atoms with E-state index in [-0.39, 0.29) is 22.9 Å². The van der Waals surface area contributed by atoms with Crippen molar-refractivity contribution in [3.8, 4) is 10.6 Å². The highest BCUT2D eigenvalue weighted by molar-refractivity contribution is 7.13. The average molecular weight is 466 g/mol. The Morgan fingerprint density at radius 2 is 2.06 bits per heavy atom. The normalized spacial score (nSPS) is 16.3. The molecule has 5 nitrogen and oxygen atoms in total. The second-order valence-corrected chi connectivity index (χ2v) is 9.04. The van der Waals surface area contributed by atoms with Gasteiger partial charge >= 0.3 is 6.18 Å². The number of nitrogens with zero attached hydrogens (tertiary/aromatic N) is 2. The summed E-state index contributed by atoms with van der Waals surface area (Å²) >= 11 is 1.26. The van der Waals surface area contributed by atoms with E-state index in [1.165, 1.54) is 29.7 Å². The van der Waals surface area contributed by atoms with Gasteiger partial charge in [0.25, 0.3) is 0 Å². The standard InChI is InChI=1S/C23H26F3N3O2S/c1-4-15(13-27)10-14(2)6-5-7-19-29-18-12-16(22(3,30)23(24,25)26)11-17(20(18)31-19)21-28-8-9-32-21/h5,7-9,11-15,27,30H,4,6,10H2,1-3H3/b7-5+,27-13?. The third-order valence-corrected chi connectivity index (χ3v) is 6.35. The van der Waals surface area contributed by atoms with E-state index in [2.05, 4.69) is 23.8 Å². The third-order valence-electron chi connectivity index (χ3n) is 5.55. The fourth-order valence-electron chi connectivity index (χ4n) is 3.45. The Bertz CT molecular complexity index is 1090. The summed E-state index contributed by atoms with van der Waals surface area (Å²) in [5, 5.41) is 19.8. The van der Waals surface area contributed by atoms with E-state index < -0.39 is 11.8 Å². The molecule has 3 atom stereocenters. The van der Waals surface area contributed by atoms with E-state index >= 15 is 0 Å². The van der Waals surface area contributed by atoms with Crippen LogP contribution in [0.4, 0.5) is 13.2 Å². The summed E-state index contributed by atoms with van der Waals surface area (Å²) in [6, 6.07) is 2.47. The van der Waals surface area contributed by atoms with Crippen LogP contribution < -0.4 is 0 Å². The summed E-state index contributed by atoms with van der Waals surface area (Å²) in [7, 11) is 0. The third kappa shape index (κ3) is 5.10. The number of nitrogens with one attached hydrogen (secondary N) is 1. The Balaban J connectivity index is 1.95. The molecule has 3 aromatic rings. The number of fused-ring (bicyclic) bond motifs is 1. The number of aliphatic hydroxyl groups is 1. The average Bonchev–Trinajstić information content (AvgIpc) is 3.40. The summed E-state index contributed by atoms with van der Waals surface area (Å²) in [6.45, 7) is 4.88. The minimum absolute atomic E-state index is 0.222. The molecule has 0 aliphatic rings. The number of alkyl halides is 3. The van der Waals surface area contributed by atoms with E-state index in [1.807, 2.05) is 6.08 Å². The van der Waals surface area contributed by atoms with Gasteiger partial charge in [-0.25, -0.2) is 9.97 Å². The first-order valence-corrected chi connectivity index (χ1v) is 11.3. The minimum Gasteiger partial charge on any atom is -0.436 e. The number of rotatable bonds is 9. The SMILES string of the molecule is CCC(C=N)CC(C)C/C=C/c1nc2cc(C(C)(O)C(F)(F)F)cc(-c3nccs3)c2o1. The largest absolute Gasteiger partial charge is 0.436 e. The predicted octanol–water partition coefficient (Wildman–Crippen LogP) is 6.83. The van der Waals surface area contributed by atoms with E-state index in [9.17, 15) is 18.3 Å². The highest BCUT2D eigenvalue weighted by atomic mass is 32.1. The molecule has 0 spiro atoms. The second-order valence-electron chi connectivity index (χ2n) is 8.15. The van der Waals surface area contributed by atoms with Crippen LogP contribution in [0.5, 0.6) is 0 Å². The zero-order valence-corrected chi connectivity index (χ0v) is 18.9. The van der Waals surface area contributed by atoms with Gasteiger partial charge in [-0.05, 0) is 68.0 Å². The van der Waals surface area contributed by atoms with Gasteiger partial charge in [0.05, 0.1) is 5.56 Å². The summed E-state index contributed by atoms with van der Waals surface area (Å²) in [5.74, 6) is 0.887. The van der Waals surface area contributed by atoms with Crippen molar-refractivity contribution in [3.05, 3.63) is 41.2 Å². The van der Waals surface area contributed by atoms with Crippen LogP contribution in [0.15, 0.2) is 34.2 Å². The number of halogens is 3. The monoisotopic (exact) mass is 465 g/mol. The van der Waals surface area contributed by atoms with Gasteiger partial charge in [0, 0.05) is 11.6 Å². The van der Waals surface area contributed by atoms with Crippen LogP contribution in [0.1, 0.15) is 51.5 Å². The first-order valence-electron chi connectivity index (χ1n) is 10.4. The topological polar surface area (TPSA) is 83.0 Å². The summed E-state index contributed by atoms with van der Waals surface area (Å²) in [4.78, 5) is 8.53. The Hall–Kier alpha value is -2.52. The van der Waals surface area contributed by atoms with Crippen molar-refractivity contribution in [2.75, 3.05) is 0 Å². The molecule has 0 saturated carbocycles. The fraction of sp³-hybridized carbons (Fsp3) is 0.435.